The van der Waals surface area contributed by atoms with Crippen molar-refractivity contribution < 1.29 is 0 Å². The van der Waals surface area contributed by atoms with Crippen LogP contribution in [0.5, 0.6) is 0 Å². The molecular formula is C16H17. The van der Waals surface area contributed by atoms with E-state index in [1.165, 1.54) is 33.4 Å². The van der Waals surface area contributed by atoms with E-state index in [-0.39, 0.29) is 0 Å². The topological polar surface area (TPSA) is 0 Å². The van der Waals surface area contributed by atoms with Crippen molar-refractivity contribution in [3.05, 3.63) is 58.7 Å². The van der Waals surface area contributed by atoms with E-state index >= 15 is 0 Å². The van der Waals surface area contributed by atoms with Crippen LogP contribution in [0.1, 0.15) is 22.3 Å². The van der Waals surface area contributed by atoms with Crippen LogP contribution in [0.2, 0.25) is 0 Å². The molecule has 0 amide bonds. The molecule has 2 aromatic rings. The fourth-order valence-corrected chi connectivity index (χ4v) is 2.31. The summed E-state index contributed by atoms with van der Waals surface area (Å²) >= 11 is 0. The van der Waals surface area contributed by atoms with Gasteiger partial charge >= 0.3 is 0 Å². The molecule has 0 fully saturated rings. The molecule has 2 rings (SSSR count). The van der Waals surface area contributed by atoms with E-state index < -0.39 is 0 Å². The summed E-state index contributed by atoms with van der Waals surface area (Å²) in [5.74, 6) is 0. The van der Waals surface area contributed by atoms with Crippen molar-refractivity contribution in [1.29, 1.82) is 0 Å². The molecule has 0 aliphatic carbocycles. The summed E-state index contributed by atoms with van der Waals surface area (Å²) in [6.45, 7) is 8.58. The molecule has 0 heterocycles. The molecule has 0 saturated heterocycles. The molecule has 0 N–H and O–H groups in total. The maximum atomic E-state index is 3.28. The lowest BCUT2D eigenvalue weighted by molar-refractivity contribution is 1.34. The average molecular weight is 209 g/mol. The van der Waals surface area contributed by atoms with Gasteiger partial charge in [0, 0.05) is 0 Å². The molecule has 0 nitrogen and oxygen atoms in total. The van der Waals surface area contributed by atoms with E-state index in [1.807, 2.05) is 6.07 Å². The number of hydrogen-bond donors (Lipinski definition) is 0. The minimum Gasteiger partial charge on any atom is -0.0581 e. The largest absolute Gasteiger partial charge is 0.0581 e. The Kier molecular flexibility index (Phi) is 2.82. The lowest BCUT2D eigenvalue weighted by atomic mass is 9.93. The normalized spacial score (nSPS) is 10.5. The van der Waals surface area contributed by atoms with Gasteiger partial charge in [-0.25, -0.2) is 0 Å². The summed E-state index contributed by atoms with van der Waals surface area (Å²) < 4.78 is 0. The van der Waals surface area contributed by atoms with Gasteiger partial charge in [-0.2, -0.15) is 0 Å². The first-order chi connectivity index (χ1) is 7.58. The van der Waals surface area contributed by atoms with Gasteiger partial charge in [-0.3, -0.25) is 0 Å². The van der Waals surface area contributed by atoms with E-state index in [4.69, 9.17) is 0 Å². The zero-order valence-corrected chi connectivity index (χ0v) is 10.4. The quantitative estimate of drug-likeness (QED) is 0.653. The number of benzene rings is 2. The van der Waals surface area contributed by atoms with Crippen LogP contribution in [0.25, 0.3) is 11.1 Å². The first-order valence-corrected chi connectivity index (χ1v) is 5.64. The molecule has 0 aliphatic rings. The second kappa shape index (κ2) is 4.13. The van der Waals surface area contributed by atoms with Crippen LogP contribution in [0.3, 0.4) is 0 Å². The van der Waals surface area contributed by atoms with E-state index in [0.29, 0.717) is 0 Å². The van der Waals surface area contributed by atoms with Crippen molar-refractivity contribution in [2.45, 2.75) is 27.7 Å². The summed E-state index contributed by atoms with van der Waals surface area (Å²) in [5, 5.41) is 0. The monoisotopic (exact) mass is 209 g/mol. The molecule has 0 aliphatic heterocycles. The summed E-state index contributed by atoms with van der Waals surface area (Å²) in [6.07, 6.45) is 0. The van der Waals surface area contributed by atoms with Crippen LogP contribution in [-0.4, -0.2) is 0 Å². The van der Waals surface area contributed by atoms with Gasteiger partial charge in [-0.05, 0) is 56.0 Å². The van der Waals surface area contributed by atoms with E-state index in [9.17, 15) is 0 Å². The van der Waals surface area contributed by atoms with Crippen molar-refractivity contribution in [3.8, 4) is 11.1 Å². The van der Waals surface area contributed by atoms with E-state index in [0.717, 1.165) is 0 Å². The lowest BCUT2D eigenvalue weighted by Gasteiger charge is -2.11. The van der Waals surface area contributed by atoms with Crippen LogP contribution in [0.4, 0.5) is 0 Å². The summed E-state index contributed by atoms with van der Waals surface area (Å²) in [7, 11) is 0. The van der Waals surface area contributed by atoms with Crippen molar-refractivity contribution in [1.82, 2.24) is 0 Å². The van der Waals surface area contributed by atoms with Gasteiger partial charge in [-0.1, -0.05) is 41.5 Å². The molecule has 1 radical (unpaired) electrons. The molecule has 81 valence electrons. The minimum absolute atomic E-state index is 1.23. The molecule has 0 aromatic heterocycles. The second-order valence-corrected chi connectivity index (χ2v) is 4.54. The van der Waals surface area contributed by atoms with Crippen LogP contribution in [-0.2, 0) is 0 Å². The first-order valence-electron chi connectivity index (χ1n) is 5.64. The van der Waals surface area contributed by atoms with Gasteiger partial charge in [0.25, 0.3) is 0 Å². The maximum Gasteiger partial charge on any atom is -0.0119 e. The van der Waals surface area contributed by atoms with Crippen molar-refractivity contribution >= 4 is 0 Å². The standard InChI is InChI=1S/C16H17/c1-11-8-12(2)10-15(9-11)16-13(3)6-5-7-14(16)4/h5-6,8-10H,1-4H3. The number of aryl methyl sites for hydroxylation is 4. The van der Waals surface area contributed by atoms with Gasteiger partial charge in [0.1, 0.15) is 0 Å². The third-order valence-electron chi connectivity index (χ3n) is 2.91. The Morgan fingerprint density at radius 1 is 0.875 bits per heavy atom. The van der Waals surface area contributed by atoms with Crippen LogP contribution in [0.15, 0.2) is 30.3 Å². The maximum absolute atomic E-state index is 3.28. The Labute approximate surface area is 97.9 Å². The second-order valence-electron chi connectivity index (χ2n) is 4.54. The summed E-state index contributed by atoms with van der Waals surface area (Å²) in [4.78, 5) is 0. The summed E-state index contributed by atoms with van der Waals surface area (Å²) in [5.41, 5.74) is 7.82. The molecular weight excluding hydrogens is 192 g/mol. The molecule has 0 saturated carbocycles. The average Bonchev–Trinajstić information content (AvgIpc) is 2.15. The highest BCUT2D eigenvalue weighted by Crippen LogP contribution is 2.28. The lowest BCUT2D eigenvalue weighted by Crippen LogP contribution is -1.89. The van der Waals surface area contributed by atoms with Gasteiger partial charge in [-0.15, -0.1) is 0 Å². The highest BCUT2D eigenvalue weighted by atomic mass is 14.1. The van der Waals surface area contributed by atoms with Crippen molar-refractivity contribution in [3.63, 3.8) is 0 Å². The summed E-state index contributed by atoms with van der Waals surface area (Å²) in [6, 6.07) is 14.1. The molecule has 2 aromatic carbocycles. The highest BCUT2D eigenvalue weighted by molar-refractivity contribution is 5.71. The van der Waals surface area contributed by atoms with Crippen LogP contribution in [0, 0.1) is 33.8 Å². The molecule has 0 heteroatoms. The molecule has 0 spiro atoms. The molecule has 0 unspecified atom stereocenters. The van der Waals surface area contributed by atoms with Gasteiger partial charge in [0.2, 0.25) is 0 Å². The highest BCUT2D eigenvalue weighted by Gasteiger charge is 2.06. The molecule has 0 atom stereocenters. The third-order valence-corrected chi connectivity index (χ3v) is 2.91. The Bertz CT molecular complexity index is 481. The number of rotatable bonds is 1. The SMILES string of the molecule is Cc1cc(C)cc(-c2c(C)[c]ccc2C)c1. The zero-order chi connectivity index (χ0) is 11.7. The fraction of sp³-hybridized carbons (Fsp3) is 0.250. The molecule has 0 bridgehead atoms. The van der Waals surface area contributed by atoms with Gasteiger partial charge in [0.05, 0.1) is 0 Å². The van der Waals surface area contributed by atoms with Gasteiger partial charge < -0.3 is 0 Å². The van der Waals surface area contributed by atoms with Crippen molar-refractivity contribution in [2.24, 2.45) is 0 Å². The minimum atomic E-state index is 1.23. The molecule has 16 heavy (non-hydrogen) atoms. The van der Waals surface area contributed by atoms with Crippen LogP contribution >= 0.6 is 0 Å². The first kappa shape index (κ1) is 10.9. The third kappa shape index (κ3) is 2.01. The Balaban J connectivity index is 2.67. The number of hydrogen-bond acceptors (Lipinski definition) is 0. The van der Waals surface area contributed by atoms with E-state index in [1.54, 1.807) is 0 Å². The van der Waals surface area contributed by atoms with E-state index in [2.05, 4.69) is 58.0 Å². The predicted molar refractivity (Wildman–Crippen MR) is 69.7 cm³/mol. The zero-order valence-electron chi connectivity index (χ0n) is 10.4. The fourth-order valence-electron chi connectivity index (χ4n) is 2.31. The van der Waals surface area contributed by atoms with Crippen molar-refractivity contribution in [2.75, 3.05) is 0 Å². The smallest absolute Gasteiger partial charge is 0.0119 e. The Hall–Kier alpha value is -1.56. The predicted octanol–water partition coefficient (Wildman–Crippen LogP) is 4.39. The van der Waals surface area contributed by atoms with Crippen LogP contribution < -0.4 is 0 Å². The van der Waals surface area contributed by atoms with Gasteiger partial charge in [0.15, 0.2) is 0 Å². The Morgan fingerprint density at radius 2 is 1.50 bits per heavy atom. The Morgan fingerprint density at radius 3 is 2.06 bits per heavy atom.